The SMILES string of the molecule is CCC(OC)C(O)CCC1CCCO1. The third-order valence-electron chi connectivity index (χ3n) is 2.94. The number of rotatable bonds is 6. The summed E-state index contributed by atoms with van der Waals surface area (Å²) in [4.78, 5) is 0. The third kappa shape index (κ3) is 3.56. The van der Waals surface area contributed by atoms with Crippen LogP contribution in [0.25, 0.3) is 0 Å². The van der Waals surface area contributed by atoms with Crippen molar-refractivity contribution >= 4 is 0 Å². The molecule has 1 aliphatic rings. The first kappa shape index (κ1) is 12.0. The molecule has 0 amide bonds. The van der Waals surface area contributed by atoms with Crippen molar-refractivity contribution in [2.75, 3.05) is 13.7 Å². The standard InChI is InChI=1S/C11H22O3/c1-3-11(13-2)10(12)7-6-9-5-4-8-14-9/h9-12H,3-8H2,1-2H3. The Kier molecular flexibility index (Phi) is 5.45. The van der Waals surface area contributed by atoms with Crippen molar-refractivity contribution in [3.05, 3.63) is 0 Å². The van der Waals surface area contributed by atoms with Crippen LogP contribution in [0.4, 0.5) is 0 Å². The van der Waals surface area contributed by atoms with Crippen LogP contribution in [0.2, 0.25) is 0 Å². The Morgan fingerprint density at radius 3 is 2.86 bits per heavy atom. The topological polar surface area (TPSA) is 38.7 Å². The van der Waals surface area contributed by atoms with Crippen LogP contribution in [0.3, 0.4) is 0 Å². The molecule has 0 aromatic heterocycles. The monoisotopic (exact) mass is 202 g/mol. The molecular formula is C11H22O3. The summed E-state index contributed by atoms with van der Waals surface area (Å²) in [7, 11) is 1.66. The average Bonchev–Trinajstić information content (AvgIpc) is 2.69. The van der Waals surface area contributed by atoms with Gasteiger partial charge in [0.2, 0.25) is 0 Å². The molecule has 0 aromatic carbocycles. The quantitative estimate of drug-likeness (QED) is 0.713. The molecule has 3 unspecified atom stereocenters. The molecule has 1 heterocycles. The molecule has 0 aromatic rings. The fourth-order valence-corrected chi connectivity index (χ4v) is 2.01. The molecule has 3 heteroatoms. The normalized spacial score (nSPS) is 26.4. The maximum absolute atomic E-state index is 9.79. The second-order valence-electron chi connectivity index (χ2n) is 3.96. The van der Waals surface area contributed by atoms with E-state index in [1.165, 1.54) is 6.42 Å². The molecule has 0 spiro atoms. The highest BCUT2D eigenvalue weighted by Gasteiger charge is 2.20. The molecule has 3 nitrogen and oxygen atoms in total. The van der Waals surface area contributed by atoms with Gasteiger partial charge in [0.05, 0.1) is 18.3 Å². The Labute approximate surface area is 86.4 Å². The van der Waals surface area contributed by atoms with E-state index in [0.717, 1.165) is 32.3 Å². The van der Waals surface area contributed by atoms with E-state index >= 15 is 0 Å². The van der Waals surface area contributed by atoms with Crippen molar-refractivity contribution in [2.24, 2.45) is 0 Å². The van der Waals surface area contributed by atoms with Gasteiger partial charge >= 0.3 is 0 Å². The van der Waals surface area contributed by atoms with Crippen molar-refractivity contribution in [1.29, 1.82) is 0 Å². The first-order chi connectivity index (χ1) is 6.77. The van der Waals surface area contributed by atoms with Gasteiger partial charge < -0.3 is 14.6 Å². The molecule has 0 aliphatic carbocycles. The van der Waals surface area contributed by atoms with Crippen LogP contribution in [0.15, 0.2) is 0 Å². The molecule has 3 atom stereocenters. The highest BCUT2D eigenvalue weighted by atomic mass is 16.5. The Morgan fingerprint density at radius 2 is 2.36 bits per heavy atom. The Hall–Kier alpha value is -0.120. The summed E-state index contributed by atoms with van der Waals surface area (Å²) in [5, 5.41) is 9.79. The Morgan fingerprint density at radius 1 is 1.57 bits per heavy atom. The predicted molar refractivity (Wildman–Crippen MR) is 55.3 cm³/mol. The van der Waals surface area contributed by atoms with Gasteiger partial charge in [-0.25, -0.2) is 0 Å². The maximum atomic E-state index is 9.79. The summed E-state index contributed by atoms with van der Waals surface area (Å²) in [5.41, 5.74) is 0. The summed E-state index contributed by atoms with van der Waals surface area (Å²) in [5.74, 6) is 0. The van der Waals surface area contributed by atoms with E-state index in [-0.39, 0.29) is 12.2 Å². The minimum atomic E-state index is -0.339. The zero-order valence-electron chi connectivity index (χ0n) is 9.24. The minimum Gasteiger partial charge on any atom is -0.390 e. The second-order valence-corrected chi connectivity index (χ2v) is 3.96. The van der Waals surface area contributed by atoms with E-state index in [1.807, 2.05) is 6.92 Å². The lowest BCUT2D eigenvalue weighted by Gasteiger charge is -2.21. The van der Waals surface area contributed by atoms with Crippen LogP contribution in [-0.4, -0.2) is 37.1 Å². The van der Waals surface area contributed by atoms with E-state index in [0.29, 0.717) is 6.10 Å². The smallest absolute Gasteiger partial charge is 0.0827 e. The number of ether oxygens (including phenoxy) is 2. The van der Waals surface area contributed by atoms with E-state index < -0.39 is 0 Å². The largest absolute Gasteiger partial charge is 0.390 e. The van der Waals surface area contributed by atoms with Crippen LogP contribution in [0.5, 0.6) is 0 Å². The predicted octanol–water partition coefficient (Wildman–Crippen LogP) is 1.73. The number of hydrogen-bond donors (Lipinski definition) is 1. The van der Waals surface area contributed by atoms with Crippen LogP contribution >= 0.6 is 0 Å². The Bertz CT molecular complexity index is 139. The first-order valence-corrected chi connectivity index (χ1v) is 5.60. The van der Waals surface area contributed by atoms with Gasteiger partial charge in [-0.2, -0.15) is 0 Å². The van der Waals surface area contributed by atoms with Gasteiger partial charge in [-0.1, -0.05) is 6.92 Å². The van der Waals surface area contributed by atoms with Crippen LogP contribution in [0, 0.1) is 0 Å². The molecule has 1 aliphatic heterocycles. The molecule has 1 saturated heterocycles. The van der Waals surface area contributed by atoms with Crippen LogP contribution < -0.4 is 0 Å². The lowest BCUT2D eigenvalue weighted by molar-refractivity contribution is -0.0244. The highest BCUT2D eigenvalue weighted by molar-refractivity contribution is 4.72. The average molecular weight is 202 g/mol. The molecule has 1 N–H and O–H groups in total. The molecular weight excluding hydrogens is 180 g/mol. The maximum Gasteiger partial charge on any atom is 0.0827 e. The summed E-state index contributed by atoms with van der Waals surface area (Å²) in [6.07, 6.45) is 4.95. The molecule has 0 saturated carbocycles. The summed E-state index contributed by atoms with van der Waals surface area (Å²) in [6.45, 7) is 2.92. The molecule has 0 bridgehead atoms. The van der Waals surface area contributed by atoms with Gasteiger partial charge in [-0.15, -0.1) is 0 Å². The van der Waals surface area contributed by atoms with Crippen LogP contribution in [0.1, 0.15) is 39.0 Å². The van der Waals surface area contributed by atoms with Gasteiger partial charge in [-0.05, 0) is 32.1 Å². The first-order valence-electron chi connectivity index (χ1n) is 5.60. The molecule has 0 radical (unpaired) electrons. The van der Waals surface area contributed by atoms with Crippen molar-refractivity contribution in [3.63, 3.8) is 0 Å². The van der Waals surface area contributed by atoms with Crippen molar-refractivity contribution < 1.29 is 14.6 Å². The number of methoxy groups -OCH3 is 1. The van der Waals surface area contributed by atoms with Crippen molar-refractivity contribution in [1.82, 2.24) is 0 Å². The highest BCUT2D eigenvalue weighted by Crippen LogP contribution is 2.19. The zero-order valence-corrected chi connectivity index (χ0v) is 9.24. The minimum absolute atomic E-state index is 0.0172. The van der Waals surface area contributed by atoms with Gasteiger partial charge in [-0.3, -0.25) is 0 Å². The van der Waals surface area contributed by atoms with E-state index in [4.69, 9.17) is 9.47 Å². The second kappa shape index (κ2) is 6.38. The number of aliphatic hydroxyl groups excluding tert-OH is 1. The van der Waals surface area contributed by atoms with E-state index in [9.17, 15) is 5.11 Å². The van der Waals surface area contributed by atoms with Crippen LogP contribution in [-0.2, 0) is 9.47 Å². The van der Waals surface area contributed by atoms with Gasteiger partial charge in [0.25, 0.3) is 0 Å². The van der Waals surface area contributed by atoms with Gasteiger partial charge in [0, 0.05) is 13.7 Å². The van der Waals surface area contributed by atoms with Gasteiger partial charge in [0.15, 0.2) is 0 Å². The van der Waals surface area contributed by atoms with E-state index in [1.54, 1.807) is 7.11 Å². The van der Waals surface area contributed by atoms with Crippen molar-refractivity contribution in [2.45, 2.75) is 57.3 Å². The molecule has 1 rings (SSSR count). The lowest BCUT2D eigenvalue weighted by Crippen LogP contribution is -2.28. The fourth-order valence-electron chi connectivity index (χ4n) is 2.01. The summed E-state index contributed by atoms with van der Waals surface area (Å²) >= 11 is 0. The Balaban J connectivity index is 2.15. The number of hydrogen-bond acceptors (Lipinski definition) is 3. The molecule has 14 heavy (non-hydrogen) atoms. The molecule has 1 fully saturated rings. The van der Waals surface area contributed by atoms with Gasteiger partial charge in [0.1, 0.15) is 0 Å². The van der Waals surface area contributed by atoms with Crippen molar-refractivity contribution in [3.8, 4) is 0 Å². The van der Waals surface area contributed by atoms with E-state index in [2.05, 4.69) is 0 Å². The number of aliphatic hydroxyl groups is 1. The third-order valence-corrected chi connectivity index (χ3v) is 2.94. The lowest BCUT2D eigenvalue weighted by atomic mass is 10.0. The fraction of sp³-hybridized carbons (Fsp3) is 1.00. The summed E-state index contributed by atoms with van der Waals surface area (Å²) in [6, 6.07) is 0. The molecule has 84 valence electrons. The summed E-state index contributed by atoms with van der Waals surface area (Å²) < 4.78 is 10.7. The zero-order chi connectivity index (χ0) is 10.4.